The van der Waals surface area contributed by atoms with Gasteiger partial charge in [-0.3, -0.25) is 4.79 Å². The van der Waals surface area contributed by atoms with Crippen molar-refractivity contribution in [3.05, 3.63) is 71.8 Å². The molecule has 0 aliphatic carbocycles. The summed E-state index contributed by atoms with van der Waals surface area (Å²) in [7, 11) is -0.440. The molecule has 50 heavy (non-hydrogen) atoms. The standard InChI is InChI=1S/C36H44N4O9S/c1-6-48-31-10-8-7-9-28(31)36(49-35(42)37-19-21-39(22-20-37)38-17-15-25(2)16-18-38)29-23-26(45-3)11-13-30(29)40(34(36)41)50(43,44)33-14-12-27(46-4)24-32(33)47-5/h7-14,23-25H,6,15-22H2,1-5H3. The van der Waals surface area contributed by atoms with Gasteiger partial charge in [0.15, 0.2) is 0 Å². The quantitative estimate of drug-likeness (QED) is 0.296. The smallest absolute Gasteiger partial charge is 0.411 e. The van der Waals surface area contributed by atoms with Gasteiger partial charge < -0.3 is 28.6 Å². The van der Waals surface area contributed by atoms with Crippen LogP contribution in [-0.4, -0.2) is 103 Å². The number of benzene rings is 3. The second-order valence-electron chi connectivity index (χ2n) is 12.5. The first kappa shape index (κ1) is 35.3. The molecule has 0 spiro atoms. The van der Waals surface area contributed by atoms with Crippen LogP contribution >= 0.6 is 0 Å². The summed E-state index contributed by atoms with van der Waals surface area (Å²) < 4.78 is 58.6. The van der Waals surface area contributed by atoms with Crippen LogP contribution in [-0.2, 0) is 25.2 Å². The molecule has 6 rings (SSSR count). The minimum absolute atomic E-state index is 0.00285. The van der Waals surface area contributed by atoms with Gasteiger partial charge in [-0.2, -0.15) is 4.31 Å². The van der Waals surface area contributed by atoms with Crippen LogP contribution in [0.2, 0.25) is 0 Å². The molecule has 0 aromatic heterocycles. The molecule has 0 radical (unpaired) electrons. The fraction of sp³-hybridized carbons (Fsp3) is 0.444. The molecular formula is C36H44N4O9S. The first-order valence-electron chi connectivity index (χ1n) is 16.8. The predicted molar refractivity (Wildman–Crippen MR) is 185 cm³/mol. The Hall–Kier alpha value is -4.53. The third-order valence-electron chi connectivity index (χ3n) is 9.66. The average molecular weight is 709 g/mol. The molecule has 0 saturated carbocycles. The number of para-hydroxylation sites is 1. The molecule has 1 unspecified atom stereocenters. The molecule has 3 aromatic rings. The average Bonchev–Trinajstić information content (AvgIpc) is 3.39. The Balaban J connectivity index is 1.45. The zero-order valence-electron chi connectivity index (χ0n) is 29.1. The minimum Gasteiger partial charge on any atom is -0.497 e. The zero-order chi connectivity index (χ0) is 35.6. The van der Waals surface area contributed by atoms with E-state index in [1.165, 1.54) is 51.7 Å². The lowest BCUT2D eigenvalue weighted by Gasteiger charge is -2.43. The molecule has 0 bridgehead atoms. The minimum atomic E-state index is -4.67. The zero-order valence-corrected chi connectivity index (χ0v) is 29.9. The highest BCUT2D eigenvalue weighted by Crippen LogP contribution is 2.53. The maximum Gasteiger partial charge on any atom is 0.411 e. The molecule has 2 saturated heterocycles. The van der Waals surface area contributed by atoms with Crippen LogP contribution in [0, 0.1) is 5.92 Å². The Labute approximate surface area is 293 Å². The van der Waals surface area contributed by atoms with E-state index in [9.17, 15) is 13.2 Å². The summed E-state index contributed by atoms with van der Waals surface area (Å²) in [6.07, 6.45) is 1.49. The highest BCUT2D eigenvalue weighted by atomic mass is 32.2. The van der Waals surface area contributed by atoms with Crippen LogP contribution in [0.5, 0.6) is 23.0 Å². The third-order valence-corrected chi connectivity index (χ3v) is 11.4. The number of carbonyl (C=O) groups is 2. The number of methoxy groups -OCH3 is 3. The SMILES string of the molecule is CCOc1ccccc1C1(OC(=O)N2CCN(N3CCC(C)CC3)CC2)C(=O)N(S(=O)(=O)c2ccc(OC)cc2OC)c2ccc(OC)cc21. The number of anilines is 1. The van der Waals surface area contributed by atoms with Gasteiger partial charge in [-0.05, 0) is 62.1 Å². The highest BCUT2D eigenvalue weighted by Gasteiger charge is 2.61. The third kappa shape index (κ3) is 6.20. The molecule has 1 atom stereocenters. The van der Waals surface area contributed by atoms with Gasteiger partial charge in [-0.25, -0.2) is 23.2 Å². The monoisotopic (exact) mass is 708 g/mol. The summed E-state index contributed by atoms with van der Waals surface area (Å²) in [6, 6.07) is 15.4. The molecular weight excluding hydrogens is 664 g/mol. The Kier molecular flexibility index (Phi) is 10.1. The molecule has 2 amide bonds. The van der Waals surface area contributed by atoms with E-state index in [4.69, 9.17) is 23.7 Å². The lowest BCUT2D eigenvalue weighted by Crippen LogP contribution is -2.57. The van der Waals surface area contributed by atoms with Gasteiger partial charge >= 0.3 is 6.09 Å². The molecule has 0 N–H and O–H groups in total. The number of amides is 2. The predicted octanol–water partition coefficient (Wildman–Crippen LogP) is 4.49. The maximum atomic E-state index is 15.2. The first-order valence-corrected chi connectivity index (χ1v) is 18.2. The summed E-state index contributed by atoms with van der Waals surface area (Å²) >= 11 is 0. The highest BCUT2D eigenvalue weighted by molar-refractivity contribution is 7.93. The van der Waals surface area contributed by atoms with E-state index < -0.39 is 27.6 Å². The van der Waals surface area contributed by atoms with E-state index in [0.29, 0.717) is 47.9 Å². The normalized spacial score (nSPS) is 20.4. The van der Waals surface area contributed by atoms with Crippen molar-refractivity contribution in [2.45, 2.75) is 37.2 Å². The Morgan fingerprint density at radius 3 is 2.10 bits per heavy atom. The van der Waals surface area contributed by atoms with Crippen LogP contribution in [0.3, 0.4) is 0 Å². The van der Waals surface area contributed by atoms with Crippen molar-refractivity contribution < 1.29 is 41.7 Å². The van der Waals surface area contributed by atoms with E-state index in [0.717, 1.165) is 25.9 Å². The molecule has 2 fully saturated rings. The Bertz CT molecular complexity index is 1840. The fourth-order valence-electron chi connectivity index (χ4n) is 6.88. The van der Waals surface area contributed by atoms with E-state index in [1.54, 1.807) is 42.2 Å². The maximum absolute atomic E-state index is 15.2. The number of piperazine rings is 1. The second kappa shape index (κ2) is 14.4. The summed E-state index contributed by atoms with van der Waals surface area (Å²) in [4.78, 5) is 30.7. The number of hydrogen-bond donors (Lipinski definition) is 0. The molecule has 3 aliphatic rings. The summed E-state index contributed by atoms with van der Waals surface area (Å²) in [6.45, 7) is 8.16. The number of carbonyl (C=O) groups excluding carboxylic acids is 2. The van der Waals surface area contributed by atoms with Crippen LogP contribution in [0.25, 0.3) is 0 Å². The van der Waals surface area contributed by atoms with E-state index in [2.05, 4.69) is 16.9 Å². The van der Waals surface area contributed by atoms with Gasteiger partial charge in [0, 0.05) is 50.9 Å². The van der Waals surface area contributed by atoms with Gasteiger partial charge in [0.2, 0.25) is 5.60 Å². The van der Waals surface area contributed by atoms with Crippen LogP contribution in [0.4, 0.5) is 10.5 Å². The van der Waals surface area contributed by atoms with Gasteiger partial charge in [-0.1, -0.05) is 25.1 Å². The van der Waals surface area contributed by atoms with Crippen LogP contribution in [0.1, 0.15) is 37.8 Å². The van der Waals surface area contributed by atoms with Crippen molar-refractivity contribution in [2.24, 2.45) is 5.92 Å². The number of nitrogens with zero attached hydrogens (tertiary/aromatic N) is 4. The fourth-order valence-corrected chi connectivity index (χ4v) is 8.48. The number of sulfonamides is 1. The van der Waals surface area contributed by atoms with Crippen molar-refractivity contribution in [1.29, 1.82) is 0 Å². The topological polar surface area (TPSA) is 127 Å². The van der Waals surface area contributed by atoms with Gasteiger partial charge in [0.1, 0.15) is 27.9 Å². The second-order valence-corrected chi connectivity index (χ2v) is 14.3. The van der Waals surface area contributed by atoms with Crippen molar-refractivity contribution in [1.82, 2.24) is 14.9 Å². The van der Waals surface area contributed by atoms with Gasteiger partial charge in [-0.15, -0.1) is 0 Å². The number of fused-ring (bicyclic) bond motifs is 1. The molecule has 3 aromatic carbocycles. The largest absolute Gasteiger partial charge is 0.497 e. The number of hydrazine groups is 1. The van der Waals surface area contributed by atoms with Gasteiger partial charge in [0.05, 0.1) is 39.2 Å². The Morgan fingerprint density at radius 2 is 1.44 bits per heavy atom. The number of piperidine rings is 1. The van der Waals surface area contributed by atoms with Crippen LogP contribution < -0.4 is 23.3 Å². The lowest BCUT2D eigenvalue weighted by atomic mass is 9.86. The molecule has 14 heteroatoms. The molecule has 13 nitrogen and oxygen atoms in total. The molecule has 3 heterocycles. The Morgan fingerprint density at radius 1 is 0.800 bits per heavy atom. The molecule has 3 aliphatic heterocycles. The van der Waals surface area contributed by atoms with E-state index in [1.807, 2.05) is 0 Å². The lowest BCUT2D eigenvalue weighted by molar-refractivity contribution is -0.133. The van der Waals surface area contributed by atoms with E-state index >= 15 is 4.79 Å². The molecule has 268 valence electrons. The first-order chi connectivity index (χ1) is 24.1. The summed E-state index contributed by atoms with van der Waals surface area (Å²) in [5.74, 6) is 0.602. The van der Waals surface area contributed by atoms with Gasteiger partial charge in [0.25, 0.3) is 15.9 Å². The number of ether oxygens (including phenoxy) is 5. The summed E-state index contributed by atoms with van der Waals surface area (Å²) in [5, 5.41) is 4.62. The number of rotatable bonds is 10. The van der Waals surface area contributed by atoms with Crippen molar-refractivity contribution >= 4 is 27.7 Å². The van der Waals surface area contributed by atoms with E-state index in [-0.39, 0.29) is 39.8 Å². The van der Waals surface area contributed by atoms with Crippen molar-refractivity contribution in [3.8, 4) is 23.0 Å². The summed E-state index contributed by atoms with van der Waals surface area (Å²) in [5.41, 5.74) is -1.98. The van der Waals surface area contributed by atoms with Crippen LogP contribution in [0.15, 0.2) is 65.6 Å². The number of hydrogen-bond acceptors (Lipinski definition) is 11. The van der Waals surface area contributed by atoms with Crippen molar-refractivity contribution in [2.75, 3.05) is 71.5 Å². The van der Waals surface area contributed by atoms with Crippen molar-refractivity contribution in [3.63, 3.8) is 0 Å².